The molecule has 1 aromatic carbocycles. The molecule has 0 spiro atoms. The van der Waals surface area contributed by atoms with Gasteiger partial charge in [-0.2, -0.15) is 0 Å². The van der Waals surface area contributed by atoms with Gasteiger partial charge in [-0.15, -0.1) is 0 Å². The zero-order valence-electron chi connectivity index (χ0n) is 11.9. The van der Waals surface area contributed by atoms with Crippen LogP contribution in [0.4, 0.5) is 0 Å². The summed E-state index contributed by atoms with van der Waals surface area (Å²) >= 11 is 6.21. The van der Waals surface area contributed by atoms with Crippen molar-refractivity contribution < 1.29 is 9.47 Å². The van der Waals surface area contributed by atoms with E-state index < -0.39 is 0 Å². The molecule has 3 nitrogen and oxygen atoms in total. The number of methoxy groups -OCH3 is 2. The van der Waals surface area contributed by atoms with Gasteiger partial charge in [-0.1, -0.05) is 18.0 Å². The summed E-state index contributed by atoms with van der Waals surface area (Å²) in [5.74, 6) is 1.42. The molecule has 1 aromatic rings. The van der Waals surface area contributed by atoms with E-state index in [2.05, 4.69) is 12.2 Å². The summed E-state index contributed by atoms with van der Waals surface area (Å²) in [4.78, 5) is 0. The molecule has 0 radical (unpaired) electrons. The second kappa shape index (κ2) is 6.49. The number of piperidine rings is 1. The number of hydrogen-bond donors (Lipinski definition) is 1. The van der Waals surface area contributed by atoms with Crippen LogP contribution >= 0.6 is 11.6 Å². The van der Waals surface area contributed by atoms with Crippen LogP contribution in [-0.2, 0) is 6.42 Å². The predicted molar refractivity (Wildman–Crippen MR) is 78.6 cm³/mol. The molecule has 0 saturated carbocycles. The van der Waals surface area contributed by atoms with Gasteiger partial charge < -0.3 is 14.8 Å². The van der Waals surface area contributed by atoms with Gasteiger partial charge in [-0.25, -0.2) is 0 Å². The maximum absolute atomic E-state index is 6.21. The molecule has 0 aromatic heterocycles. The van der Waals surface area contributed by atoms with E-state index in [1.165, 1.54) is 24.8 Å². The minimum atomic E-state index is 0.521. The SMILES string of the molecule is COc1c(Cl)cc(C)c(CC2CCCCN2)c1OC. The number of nitrogens with one attached hydrogen (secondary N) is 1. The second-order valence-corrected chi connectivity index (χ2v) is 5.48. The monoisotopic (exact) mass is 283 g/mol. The Morgan fingerprint density at radius 1 is 1.26 bits per heavy atom. The van der Waals surface area contributed by atoms with Gasteiger partial charge in [0, 0.05) is 11.6 Å². The zero-order chi connectivity index (χ0) is 13.8. The van der Waals surface area contributed by atoms with Gasteiger partial charge >= 0.3 is 0 Å². The molecule has 1 fully saturated rings. The summed E-state index contributed by atoms with van der Waals surface area (Å²) < 4.78 is 10.9. The van der Waals surface area contributed by atoms with Crippen molar-refractivity contribution in [2.45, 2.75) is 38.6 Å². The predicted octanol–water partition coefficient (Wildman–Crippen LogP) is 3.35. The van der Waals surface area contributed by atoms with E-state index in [1.807, 2.05) is 6.07 Å². The Hall–Kier alpha value is -0.930. The third-order valence-corrected chi connectivity index (χ3v) is 4.07. The lowest BCUT2D eigenvalue weighted by Crippen LogP contribution is -2.35. The molecule has 1 N–H and O–H groups in total. The maximum atomic E-state index is 6.21. The van der Waals surface area contributed by atoms with Gasteiger partial charge in [-0.3, -0.25) is 0 Å². The molecule has 0 amide bonds. The minimum absolute atomic E-state index is 0.521. The highest BCUT2D eigenvalue weighted by molar-refractivity contribution is 6.32. The standard InChI is InChI=1S/C15H22ClNO2/c1-10-8-13(16)15(19-3)14(18-2)12(10)9-11-6-4-5-7-17-11/h8,11,17H,4-7,9H2,1-3H3. The number of rotatable bonds is 4. The molecule has 19 heavy (non-hydrogen) atoms. The van der Waals surface area contributed by atoms with E-state index in [4.69, 9.17) is 21.1 Å². The van der Waals surface area contributed by atoms with Crippen LogP contribution in [0.25, 0.3) is 0 Å². The van der Waals surface area contributed by atoms with E-state index in [9.17, 15) is 0 Å². The summed E-state index contributed by atoms with van der Waals surface area (Å²) in [6.45, 7) is 3.18. The molecule has 1 unspecified atom stereocenters. The van der Waals surface area contributed by atoms with Crippen LogP contribution in [-0.4, -0.2) is 26.8 Å². The Labute approximate surface area is 120 Å². The Morgan fingerprint density at radius 2 is 2.00 bits per heavy atom. The summed E-state index contributed by atoms with van der Waals surface area (Å²) in [5, 5.41) is 4.18. The number of benzene rings is 1. The first-order chi connectivity index (χ1) is 9.17. The number of hydrogen-bond acceptors (Lipinski definition) is 3. The van der Waals surface area contributed by atoms with Gasteiger partial charge in [0.05, 0.1) is 19.2 Å². The third kappa shape index (κ3) is 3.15. The second-order valence-electron chi connectivity index (χ2n) is 5.07. The molecular weight excluding hydrogens is 262 g/mol. The first-order valence-corrected chi connectivity index (χ1v) is 7.18. The summed E-state index contributed by atoms with van der Waals surface area (Å²) in [6, 6.07) is 2.48. The third-order valence-electron chi connectivity index (χ3n) is 3.79. The highest BCUT2D eigenvalue weighted by atomic mass is 35.5. The van der Waals surface area contributed by atoms with Gasteiger partial charge in [0.1, 0.15) is 0 Å². The van der Waals surface area contributed by atoms with Crippen LogP contribution in [0.3, 0.4) is 0 Å². The fourth-order valence-corrected chi connectivity index (χ4v) is 3.10. The molecule has 0 aliphatic carbocycles. The molecule has 2 rings (SSSR count). The zero-order valence-corrected chi connectivity index (χ0v) is 12.6. The maximum Gasteiger partial charge on any atom is 0.179 e. The Bertz CT molecular complexity index is 442. The summed E-state index contributed by atoms with van der Waals surface area (Å²) in [7, 11) is 3.30. The molecule has 106 valence electrons. The van der Waals surface area contributed by atoms with Crippen molar-refractivity contribution in [3.05, 3.63) is 22.2 Å². The number of aryl methyl sites for hydroxylation is 1. The summed E-state index contributed by atoms with van der Waals surface area (Å²) in [5.41, 5.74) is 2.36. The quantitative estimate of drug-likeness (QED) is 0.919. The van der Waals surface area contributed by atoms with Crippen LogP contribution < -0.4 is 14.8 Å². The van der Waals surface area contributed by atoms with Crippen LogP contribution in [0.15, 0.2) is 6.07 Å². The molecular formula is C15H22ClNO2. The Balaban J connectivity index is 2.32. The van der Waals surface area contributed by atoms with Crippen molar-refractivity contribution in [2.75, 3.05) is 20.8 Å². The van der Waals surface area contributed by atoms with Gasteiger partial charge in [-0.05, 0) is 44.4 Å². The van der Waals surface area contributed by atoms with E-state index in [1.54, 1.807) is 14.2 Å². The summed E-state index contributed by atoms with van der Waals surface area (Å²) in [6.07, 6.45) is 4.75. The van der Waals surface area contributed by atoms with Crippen LogP contribution in [0.1, 0.15) is 30.4 Å². The van der Waals surface area contributed by atoms with Crippen molar-refractivity contribution in [1.29, 1.82) is 0 Å². The van der Waals surface area contributed by atoms with Crippen molar-refractivity contribution in [1.82, 2.24) is 5.32 Å². The van der Waals surface area contributed by atoms with Gasteiger partial charge in [0.15, 0.2) is 11.5 Å². The lowest BCUT2D eigenvalue weighted by atomic mass is 9.94. The van der Waals surface area contributed by atoms with Crippen molar-refractivity contribution >= 4 is 11.6 Å². The van der Waals surface area contributed by atoms with E-state index in [-0.39, 0.29) is 0 Å². The van der Waals surface area contributed by atoms with E-state index >= 15 is 0 Å². The molecule has 1 aliphatic rings. The molecule has 0 bridgehead atoms. The normalized spacial score (nSPS) is 19.3. The number of halogens is 1. The first-order valence-electron chi connectivity index (χ1n) is 6.80. The van der Waals surface area contributed by atoms with Gasteiger partial charge in [0.25, 0.3) is 0 Å². The minimum Gasteiger partial charge on any atom is -0.493 e. The molecule has 1 saturated heterocycles. The largest absolute Gasteiger partial charge is 0.493 e. The van der Waals surface area contributed by atoms with Crippen LogP contribution in [0.5, 0.6) is 11.5 Å². The van der Waals surface area contributed by atoms with E-state index in [0.717, 1.165) is 24.3 Å². The fraction of sp³-hybridized carbons (Fsp3) is 0.600. The van der Waals surface area contributed by atoms with Crippen molar-refractivity contribution in [3.8, 4) is 11.5 Å². The van der Waals surface area contributed by atoms with Crippen LogP contribution in [0, 0.1) is 6.92 Å². The topological polar surface area (TPSA) is 30.5 Å². The average Bonchev–Trinajstić information content (AvgIpc) is 2.42. The lowest BCUT2D eigenvalue weighted by molar-refractivity contribution is 0.345. The lowest BCUT2D eigenvalue weighted by Gasteiger charge is -2.25. The molecule has 1 atom stereocenters. The fourth-order valence-electron chi connectivity index (χ4n) is 2.77. The van der Waals surface area contributed by atoms with E-state index in [0.29, 0.717) is 16.8 Å². The van der Waals surface area contributed by atoms with Crippen LogP contribution in [0.2, 0.25) is 5.02 Å². The molecule has 1 aliphatic heterocycles. The molecule has 4 heteroatoms. The van der Waals surface area contributed by atoms with Crippen molar-refractivity contribution in [3.63, 3.8) is 0 Å². The number of ether oxygens (including phenoxy) is 2. The molecule has 1 heterocycles. The van der Waals surface area contributed by atoms with Gasteiger partial charge in [0.2, 0.25) is 0 Å². The first kappa shape index (κ1) is 14.5. The highest BCUT2D eigenvalue weighted by Crippen LogP contribution is 2.40. The smallest absolute Gasteiger partial charge is 0.179 e. The highest BCUT2D eigenvalue weighted by Gasteiger charge is 2.21. The Kier molecular flexibility index (Phi) is 4.94. The Morgan fingerprint density at radius 3 is 2.58 bits per heavy atom. The van der Waals surface area contributed by atoms with Crippen molar-refractivity contribution in [2.24, 2.45) is 0 Å². The average molecular weight is 284 g/mol.